The predicted octanol–water partition coefficient (Wildman–Crippen LogP) is 3.72. The zero-order valence-electron chi connectivity index (χ0n) is 13.2. The number of unbranched alkanes of at least 4 members (excludes halogenated alkanes) is 2. The maximum atomic E-state index is 12.4. The lowest BCUT2D eigenvalue weighted by Crippen LogP contribution is -2.11. The van der Waals surface area contributed by atoms with Gasteiger partial charge in [0.05, 0.1) is 5.69 Å². The van der Waals surface area contributed by atoms with E-state index < -0.39 is 5.97 Å². The summed E-state index contributed by atoms with van der Waals surface area (Å²) in [5.74, 6) is -0.904. The van der Waals surface area contributed by atoms with Crippen LogP contribution in [-0.4, -0.2) is 22.0 Å². The van der Waals surface area contributed by atoms with Crippen molar-refractivity contribution in [2.75, 3.05) is 5.32 Å². The molecule has 1 aliphatic rings. The average molecular weight is 322 g/mol. The zero-order chi connectivity index (χ0) is 16.9. The van der Waals surface area contributed by atoms with Crippen molar-refractivity contribution in [3.8, 4) is 0 Å². The van der Waals surface area contributed by atoms with Crippen molar-refractivity contribution >= 4 is 23.1 Å². The number of hydrogen-bond acceptors (Lipinski definition) is 3. The lowest BCUT2D eigenvalue weighted by atomic mass is 9.94. The number of carboxylic acids is 1. The van der Waals surface area contributed by atoms with Gasteiger partial charge in [-0.05, 0) is 42.5 Å². The van der Waals surface area contributed by atoms with Gasteiger partial charge in [0, 0.05) is 29.9 Å². The number of carbonyl (C=O) groups is 2. The summed E-state index contributed by atoms with van der Waals surface area (Å²) in [4.78, 5) is 27.2. The first-order valence-corrected chi connectivity index (χ1v) is 7.94. The Hall–Kier alpha value is -2.95. The average Bonchev–Trinajstić information content (AvgIpc) is 2.70. The lowest BCUT2D eigenvalue weighted by Gasteiger charge is -2.10. The van der Waals surface area contributed by atoms with Crippen molar-refractivity contribution < 1.29 is 14.7 Å². The lowest BCUT2D eigenvalue weighted by molar-refractivity contribution is -0.137. The molecule has 0 fully saturated rings. The van der Waals surface area contributed by atoms with E-state index in [1.54, 1.807) is 18.5 Å². The SMILES string of the molecule is O=C(O)CCCC/C=C1/c2cnccc2NC(=O)c2ccccc21. The zero-order valence-corrected chi connectivity index (χ0v) is 13.2. The van der Waals surface area contributed by atoms with E-state index in [1.807, 2.05) is 24.3 Å². The minimum atomic E-state index is -0.771. The molecule has 24 heavy (non-hydrogen) atoms. The third kappa shape index (κ3) is 3.35. The van der Waals surface area contributed by atoms with Gasteiger partial charge in [0.1, 0.15) is 0 Å². The summed E-state index contributed by atoms with van der Waals surface area (Å²) < 4.78 is 0. The van der Waals surface area contributed by atoms with Crippen LogP contribution in [0.15, 0.2) is 48.8 Å². The summed E-state index contributed by atoms with van der Waals surface area (Å²) in [7, 11) is 0. The van der Waals surface area contributed by atoms with Crippen LogP contribution in [0.4, 0.5) is 5.69 Å². The molecule has 0 bridgehead atoms. The third-order valence-electron chi connectivity index (χ3n) is 4.01. The van der Waals surface area contributed by atoms with Crippen LogP contribution in [0.2, 0.25) is 0 Å². The molecule has 0 radical (unpaired) electrons. The number of pyridine rings is 1. The highest BCUT2D eigenvalue weighted by Crippen LogP contribution is 2.34. The second-order valence-electron chi connectivity index (χ2n) is 5.68. The maximum absolute atomic E-state index is 12.4. The predicted molar refractivity (Wildman–Crippen MR) is 91.8 cm³/mol. The van der Waals surface area contributed by atoms with Gasteiger partial charge in [-0.2, -0.15) is 0 Å². The van der Waals surface area contributed by atoms with Gasteiger partial charge in [0.25, 0.3) is 5.91 Å². The molecule has 5 heteroatoms. The van der Waals surface area contributed by atoms with Gasteiger partial charge in [-0.3, -0.25) is 14.6 Å². The van der Waals surface area contributed by atoms with Crippen LogP contribution in [0.1, 0.15) is 47.2 Å². The first-order valence-electron chi connectivity index (χ1n) is 7.94. The summed E-state index contributed by atoms with van der Waals surface area (Å²) >= 11 is 0. The second kappa shape index (κ2) is 7.08. The smallest absolute Gasteiger partial charge is 0.303 e. The number of aliphatic carboxylic acids is 1. The number of benzene rings is 1. The molecule has 0 aliphatic carbocycles. The number of allylic oxidation sites excluding steroid dienone is 1. The Bertz CT molecular complexity index is 812. The van der Waals surface area contributed by atoms with E-state index in [9.17, 15) is 9.59 Å². The van der Waals surface area contributed by atoms with Crippen molar-refractivity contribution in [3.05, 3.63) is 65.5 Å². The number of fused-ring (bicyclic) bond motifs is 2. The number of carbonyl (C=O) groups excluding carboxylic acids is 1. The van der Waals surface area contributed by atoms with E-state index in [0.717, 1.165) is 35.2 Å². The number of anilines is 1. The topological polar surface area (TPSA) is 79.3 Å². The van der Waals surface area contributed by atoms with E-state index in [4.69, 9.17) is 5.11 Å². The molecule has 2 N–H and O–H groups in total. The van der Waals surface area contributed by atoms with E-state index >= 15 is 0 Å². The molecule has 122 valence electrons. The monoisotopic (exact) mass is 322 g/mol. The van der Waals surface area contributed by atoms with Crippen LogP contribution in [0.25, 0.3) is 5.57 Å². The molecule has 3 rings (SSSR count). The minimum absolute atomic E-state index is 0.132. The molecule has 1 amide bonds. The second-order valence-corrected chi connectivity index (χ2v) is 5.68. The van der Waals surface area contributed by atoms with E-state index in [1.165, 1.54) is 0 Å². The summed E-state index contributed by atoms with van der Waals surface area (Å²) in [6.07, 6.45) is 7.83. The van der Waals surface area contributed by atoms with Crippen LogP contribution in [0.5, 0.6) is 0 Å². The highest BCUT2D eigenvalue weighted by atomic mass is 16.4. The first-order chi connectivity index (χ1) is 11.7. The molecular formula is C19H18N2O3. The Kier molecular flexibility index (Phi) is 4.70. The Morgan fingerprint density at radius 2 is 1.92 bits per heavy atom. The van der Waals surface area contributed by atoms with Crippen molar-refractivity contribution in [2.24, 2.45) is 0 Å². The highest BCUT2D eigenvalue weighted by molar-refractivity contribution is 6.12. The molecule has 2 heterocycles. The fourth-order valence-corrected chi connectivity index (χ4v) is 2.86. The van der Waals surface area contributed by atoms with E-state index in [0.29, 0.717) is 12.0 Å². The fraction of sp³-hybridized carbons (Fsp3) is 0.211. The highest BCUT2D eigenvalue weighted by Gasteiger charge is 2.22. The van der Waals surface area contributed by atoms with Crippen LogP contribution in [0, 0.1) is 0 Å². The molecule has 0 saturated heterocycles. The largest absolute Gasteiger partial charge is 0.481 e. The fourth-order valence-electron chi connectivity index (χ4n) is 2.86. The standard InChI is InChI=1S/C19H18N2O3/c22-18(23)9-3-1-2-6-14-13-7-4-5-8-15(13)19(24)21-17-10-11-20-12-16(14)17/h4-8,10-12H,1-3,9H2,(H,21,24)(H,22,23)/b14-6+. The molecule has 1 aromatic heterocycles. The quantitative estimate of drug-likeness (QED) is 0.822. The third-order valence-corrected chi connectivity index (χ3v) is 4.01. The Labute approximate surface area is 140 Å². The molecule has 1 aromatic carbocycles. The first kappa shape index (κ1) is 15.9. The number of rotatable bonds is 5. The van der Waals surface area contributed by atoms with E-state index in [2.05, 4.69) is 16.4 Å². The summed E-state index contributed by atoms with van der Waals surface area (Å²) in [5.41, 5.74) is 4.09. The molecule has 0 spiro atoms. The number of nitrogens with one attached hydrogen (secondary N) is 1. The Balaban J connectivity index is 1.96. The van der Waals surface area contributed by atoms with Crippen molar-refractivity contribution in [2.45, 2.75) is 25.7 Å². The van der Waals surface area contributed by atoms with Crippen LogP contribution in [0.3, 0.4) is 0 Å². The number of aromatic nitrogens is 1. The molecule has 0 saturated carbocycles. The van der Waals surface area contributed by atoms with Crippen LogP contribution >= 0.6 is 0 Å². The van der Waals surface area contributed by atoms with Gasteiger partial charge < -0.3 is 10.4 Å². The molecule has 2 aromatic rings. The van der Waals surface area contributed by atoms with Crippen molar-refractivity contribution in [3.63, 3.8) is 0 Å². The molecule has 0 atom stereocenters. The van der Waals surface area contributed by atoms with Gasteiger partial charge in [-0.15, -0.1) is 0 Å². The molecule has 5 nitrogen and oxygen atoms in total. The van der Waals surface area contributed by atoms with Crippen LogP contribution in [-0.2, 0) is 4.79 Å². The summed E-state index contributed by atoms with van der Waals surface area (Å²) in [5, 5.41) is 11.6. The van der Waals surface area contributed by atoms with Gasteiger partial charge in [-0.1, -0.05) is 24.3 Å². The summed E-state index contributed by atoms with van der Waals surface area (Å²) in [6.45, 7) is 0. The minimum Gasteiger partial charge on any atom is -0.481 e. The Morgan fingerprint density at radius 3 is 2.71 bits per heavy atom. The van der Waals surface area contributed by atoms with Gasteiger partial charge in [0.15, 0.2) is 0 Å². The number of nitrogens with zero attached hydrogens (tertiary/aromatic N) is 1. The summed E-state index contributed by atoms with van der Waals surface area (Å²) in [6, 6.07) is 9.28. The number of hydrogen-bond donors (Lipinski definition) is 2. The number of amides is 1. The Morgan fingerprint density at radius 1 is 1.12 bits per heavy atom. The van der Waals surface area contributed by atoms with Gasteiger partial charge >= 0.3 is 5.97 Å². The number of carboxylic acid groups (broad SMARTS) is 1. The molecule has 1 aliphatic heterocycles. The van der Waals surface area contributed by atoms with Gasteiger partial charge in [-0.25, -0.2) is 0 Å². The van der Waals surface area contributed by atoms with Crippen molar-refractivity contribution in [1.82, 2.24) is 4.98 Å². The normalized spacial score (nSPS) is 14.5. The maximum Gasteiger partial charge on any atom is 0.303 e. The van der Waals surface area contributed by atoms with Crippen molar-refractivity contribution in [1.29, 1.82) is 0 Å². The molecule has 0 unspecified atom stereocenters. The van der Waals surface area contributed by atoms with E-state index in [-0.39, 0.29) is 12.3 Å². The van der Waals surface area contributed by atoms with Crippen LogP contribution < -0.4 is 5.32 Å². The molecular weight excluding hydrogens is 304 g/mol. The van der Waals surface area contributed by atoms with Gasteiger partial charge in [0.2, 0.25) is 0 Å².